The van der Waals surface area contributed by atoms with Crippen LogP contribution < -0.4 is 5.32 Å². The average Bonchev–Trinajstić information content (AvgIpc) is 2.84. The fourth-order valence-corrected chi connectivity index (χ4v) is 1.89. The summed E-state index contributed by atoms with van der Waals surface area (Å²) >= 11 is 2.04. The molecule has 1 aromatic carbocycles. The Bertz CT molecular complexity index is 544. The SMILES string of the molecule is O=[N+]([O-])c1cc(I)ccc1NCCc1ncon1. The number of aromatic nitrogens is 2. The van der Waals surface area contributed by atoms with Gasteiger partial charge >= 0.3 is 0 Å². The molecular formula is C10H9IN4O3. The summed E-state index contributed by atoms with van der Waals surface area (Å²) in [5.41, 5.74) is 0.555. The van der Waals surface area contributed by atoms with Crippen LogP contribution in [0.15, 0.2) is 29.1 Å². The Balaban J connectivity index is 2.02. The van der Waals surface area contributed by atoms with Crippen LogP contribution in [0.3, 0.4) is 0 Å². The van der Waals surface area contributed by atoms with Crippen LogP contribution in [0.2, 0.25) is 0 Å². The van der Waals surface area contributed by atoms with Gasteiger partial charge in [0.1, 0.15) is 5.69 Å². The molecule has 0 saturated carbocycles. The van der Waals surface area contributed by atoms with E-state index >= 15 is 0 Å². The molecule has 1 N–H and O–H groups in total. The van der Waals surface area contributed by atoms with Gasteiger partial charge in [0.25, 0.3) is 5.69 Å². The van der Waals surface area contributed by atoms with E-state index in [0.29, 0.717) is 24.5 Å². The molecule has 0 aliphatic carbocycles. The van der Waals surface area contributed by atoms with Crippen LogP contribution in [0.4, 0.5) is 11.4 Å². The van der Waals surface area contributed by atoms with Gasteiger partial charge in [-0.3, -0.25) is 10.1 Å². The normalized spacial score (nSPS) is 10.3. The highest BCUT2D eigenvalue weighted by molar-refractivity contribution is 14.1. The molecule has 7 nitrogen and oxygen atoms in total. The summed E-state index contributed by atoms with van der Waals surface area (Å²) < 4.78 is 5.42. The molecule has 2 aromatic rings. The molecule has 94 valence electrons. The third kappa shape index (κ3) is 3.15. The van der Waals surface area contributed by atoms with Crippen LogP contribution in [-0.4, -0.2) is 21.6 Å². The number of hydrogen-bond donors (Lipinski definition) is 1. The highest BCUT2D eigenvalue weighted by atomic mass is 127. The molecule has 1 aromatic heterocycles. The molecule has 0 fully saturated rings. The zero-order chi connectivity index (χ0) is 13.0. The van der Waals surface area contributed by atoms with Gasteiger partial charge in [-0.1, -0.05) is 5.16 Å². The minimum atomic E-state index is -0.404. The van der Waals surface area contributed by atoms with Gasteiger partial charge < -0.3 is 9.84 Å². The molecule has 0 aliphatic rings. The van der Waals surface area contributed by atoms with Crippen LogP contribution in [-0.2, 0) is 6.42 Å². The van der Waals surface area contributed by atoms with Gasteiger partial charge in [0.2, 0.25) is 6.39 Å². The fraction of sp³-hybridized carbons (Fsp3) is 0.200. The van der Waals surface area contributed by atoms with Gasteiger partial charge in [0.05, 0.1) is 4.92 Å². The van der Waals surface area contributed by atoms with Crippen molar-refractivity contribution in [1.82, 2.24) is 10.1 Å². The summed E-state index contributed by atoms with van der Waals surface area (Å²) in [4.78, 5) is 14.4. The van der Waals surface area contributed by atoms with Crippen molar-refractivity contribution in [3.05, 3.63) is 44.1 Å². The zero-order valence-corrected chi connectivity index (χ0v) is 11.3. The number of nitro groups is 1. The van der Waals surface area contributed by atoms with E-state index in [-0.39, 0.29) is 5.69 Å². The molecule has 0 spiro atoms. The minimum absolute atomic E-state index is 0.0648. The molecule has 0 atom stereocenters. The Morgan fingerprint density at radius 3 is 3.00 bits per heavy atom. The zero-order valence-electron chi connectivity index (χ0n) is 9.17. The molecule has 18 heavy (non-hydrogen) atoms. The second-order valence-corrected chi connectivity index (χ2v) is 4.69. The van der Waals surface area contributed by atoms with Crippen molar-refractivity contribution in [1.29, 1.82) is 0 Å². The van der Waals surface area contributed by atoms with E-state index in [2.05, 4.69) is 20.0 Å². The van der Waals surface area contributed by atoms with E-state index in [1.807, 2.05) is 28.7 Å². The van der Waals surface area contributed by atoms with Crippen LogP contribution >= 0.6 is 22.6 Å². The first kappa shape index (κ1) is 12.7. The number of halogens is 1. The van der Waals surface area contributed by atoms with Crippen molar-refractivity contribution in [2.24, 2.45) is 0 Å². The number of benzene rings is 1. The predicted molar refractivity (Wildman–Crippen MR) is 72.3 cm³/mol. The Kier molecular flexibility index (Phi) is 4.07. The lowest BCUT2D eigenvalue weighted by Crippen LogP contribution is -2.07. The number of anilines is 1. The molecule has 8 heteroatoms. The maximum atomic E-state index is 10.9. The summed E-state index contributed by atoms with van der Waals surface area (Å²) in [6, 6.07) is 5.03. The highest BCUT2D eigenvalue weighted by Gasteiger charge is 2.13. The topological polar surface area (TPSA) is 94.1 Å². The summed E-state index contributed by atoms with van der Waals surface area (Å²) in [7, 11) is 0. The van der Waals surface area contributed by atoms with E-state index in [4.69, 9.17) is 0 Å². The Morgan fingerprint density at radius 1 is 1.50 bits per heavy atom. The van der Waals surface area contributed by atoms with Crippen LogP contribution in [0.25, 0.3) is 0 Å². The molecule has 1 heterocycles. The first-order chi connectivity index (χ1) is 8.66. The van der Waals surface area contributed by atoms with E-state index in [1.54, 1.807) is 6.07 Å². The van der Waals surface area contributed by atoms with Gasteiger partial charge in [-0.25, -0.2) is 0 Å². The maximum absolute atomic E-state index is 10.9. The van der Waals surface area contributed by atoms with Crippen molar-refractivity contribution < 1.29 is 9.45 Å². The van der Waals surface area contributed by atoms with Crippen molar-refractivity contribution in [2.45, 2.75) is 6.42 Å². The van der Waals surface area contributed by atoms with Gasteiger partial charge in [0, 0.05) is 22.6 Å². The second kappa shape index (κ2) is 5.76. The van der Waals surface area contributed by atoms with Crippen molar-refractivity contribution in [2.75, 3.05) is 11.9 Å². The molecule has 0 amide bonds. The Hall–Kier alpha value is -1.71. The lowest BCUT2D eigenvalue weighted by Gasteiger charge is -2.05. The van der Waals surface area contributed by atoms with Gasteiger partial charge in [-0.15, -0.1) is 0 Å². The number of hydrogen-bond acceptors (Lipinski definition) is 6. The Labute approximate surface area is 116 Å². The lowest BCUT2D eigenvalue weighted by atomic mass is 10.2. The third-order valence-corrected chi connectivity index (χ3v) is 2.90. The Morgan fingerprint density at radius 2 is 2.33 bits per heavy atom. The van der Waals surface area contributed by atoms with E-state index in [1.165, 1.54) is 12.5 Å². The standard InChI is InChI=1S/C10H9IN4O3/c11-7-1-2-8(9(5-7)15(16)17)12-4-3-10-13-6-18-14-10/h1-2,5-6,12H,3-4H2. The molecule has 0 saturated heterocycles. The van der Waals surface area contributed by atoms with E-state index in [9.17, 15) is 10.1 Å². The molecule has 0 aliphatic heterocycles. The smallest absolute Gasteiger partial charge is 0.293 e. The quantitative estimate of drug-likeness (QED) is 0.499. The fourth-order valence-electron chi connectivity index (χ4n) is 1.42. The van der Waals surface area contributed by atoms with Gasteiger partial charge in [-0.2, -0.15) is 4.98 Å². The van der Waals surface area contributed by atoms with E-state index in [0.717, 1.165) is 3.57 Å². The first-order valence-electron chi connectivity index (χ1n) is 5.10. The van der Waals surface area contributed by atoms with Crippen LogP contribution in [0.5, 0.6) is 0 Å². The number of nitrogens with zero attached hydrogens (tertiary/aromatic N) is 3. The predicted octanol–water partition coefficient (Wildman–Crippen LogP) is 2.24. The number of rotatable bonds is 5. The summed E-state index contributed by atoms with van der Waals surface area (Å²) in [6.07, 6.45) is 1.79. The molecular weight excluding hydrogens is 351 g/mol. The molecule has 0 bridgehead atoms. The van der Waals surface area contributed by atoms with Crippen LogP contribution in [0, 0.1) is 13.7 Å². The molecule has 0 radical (unpaired) electrons. The summed E-state index contributed by atoms with van der Waals surface area (Å²) in [5.74, 6) is 0.565. The minimum Gasteiger partial charge on any atom is -0.379 e. The largest absolute Gasteiger partial charge is 0.379 e. The van der Waals surface area contributed by atoms with Gasteiger partial charge in [-0.05, 0) is 34.7 Å². The summed E-state index contributed by atoms with van der Waals surface area (Å²) in [6.45, 7) is 0.501. The monoisotopic (exact) mass is 360 g/mol. The number of nitrogens with one attached hydrogen (secondary N) is 1. The molecule has 0 unspecified atom stereocenters. The average molecular weight is 360 g/mol. The maximum Gasteiger partial charge on any atom is 0.293 e. The second-order valence-electron chi connectivity index (χ2n) is 3.44. The van der Waals surface area contributed by atoms with Crippen LogP contribution in [0.1, 0.15) is 5.82 Å². The third-order valence-electron chi connectivity index (χ3n) is 2.23. The summed E-state index contributed by atoms with van der Waals surface area (Å²) in [5, 5.41) is 17.5. The highest BCUT2D eigenvalue weighted by Crippen LogP contribution is 2.26. The van der Waals surface area contributed by atoms with Gasteiger partial charge in [0.15, 0.2) is 5.82 Å². The van der Waals surface area contributed by atoms with Crippen molar-refractivity contribution in [3.63, 3.8) is 0 Å². The number of nitro benzene ring substituents is 1. The van der Waals surface area contributed by atoms with E-state index < -0.39 is 4.92 Å². The van der Waals surface area contributed by atoms with Crippen molar-refractivity contribution >= 4 is 34.0 Å². The first-order valence-corrected chi connectivity index (χ1v) is 6.18. The van der Waals surface area contributed by atoms with Crippen molar-refractivity contribution in [3.8, 4) is 0 Å². The molecule has 2 rings (SSSR count). The lowest BCUT2D eigenvalue weighted by molar-refractivity contribution is -0.384.